The molecule has 0 amide bonds. The van der Waals surface area contributed by atoms with Crippen LogP contribution in [0.15, 0.2) is 22.7 Å². The minimum atomic E-state index is 0.671. The lowest BCUT2D eigenvalue weighted by Crippen LogP contribution is -2.43. The van der Waals surface area contributed by atoms with Gasteiger partial charge in [-0.15, -0.1) is 0 Å². The summed E-state index contributed by atoms with van der Waals surface area (Å²) in [7, 11) is 0. The average molecular weight is 344 g/mol. The molecule has 0 bridgehead atoms. The highest BCUT2D eigenvalue weighted by Gasteiger charge is 2.31. The van der Waals surface area contributed by atoms with E-state index in [1.54, 1.807) is 0 Å². The van der Waals surface area contributed by atoms with Crippen molar-refractivity contribution in [2.24, 2.45) is 0 Å². The van der Waals surface area contributed by atoms with Crippen molar-refractivity contribution in [3.63, 3.8) is 0 Å². The fraction of sp³-hybridized carbons (Fsp3) is 0.600. The van der Waals surface area contributed by atoms with E-state index in [0.717, 1.165) is 22.1 Å². The number of benzene rings is 1. The molecule has 1 saturated carbocycles. The molecule has 0 aromatic heterocycles. The molecule has 0 spiro atoms. The van der Waals surface area contributed by atoms with Crippen molar-refractivity contribution in [3.05, 3.63) is 33.3 Å². The summed E-state index contributed by atoms with van der Waals surface area (Å²) in [5.41, 5.74) is 1.29. The van der Waals surface area contributed by atoms with Gasteiger partial charge in [0.05, 0.1) is 5.02 Å². The Kier molecular flexibility index (Phi) is 4.47. The van der Waals surface area contributed by atoms with E-state index >= 15 is 0 Å². The normalized spacial score (nSPS) is 21.8. The molecule has 1 aromatic rings. The van der Waals surface area contributed by atoms with Gasteiger partial charge >= 0.3 is 0 Å². The highest BCUT2D eigenvalue weighted by molar-refractivity contribution is 9.10. The van der Waals surface area contributed by atoms with Crippen LogP contribution in [0.5, 0.6) is 0 Å². The molecule has 0 radical (unpaired) electrons. The van der Waals surface area contributed by atoms with Crippen LogP contribution < -0.4 is 5.32 Å². The summed E-state index contributed by atoms with van der Waals surface area (Å²) in [5.74, 6) is 0. The van der Waals surface area contributed by atoms with Crippen LogP contribution in [-0.4, -0.2) is 30.1 Å². The van der Waals surface area contributed by atoms with Crippen LogP contribution >= 0.6 is 27.5 Å². The molecule has 1 aromatic carbocycles. The van der Waals surface area contributed by atoms with Crippen LogP contribution in [0.2, 0.25) is 5.02 Å². The third kappa shape index (κ3) is 3.72. The number of nitrogens with zero attached hydrogens (tertiary/aromatic N) is 1. The fourth-order valence-electron chi connectivity index (χ4n) is 2.82. The molecule has 0 unspecified atom stereocenters. The van der Waals surface area contributed by atoms with Gasteiger partial charge in [-0.05, 0) is 72.4 Å². The van der Waals surface area contributed by atoms with Gasteiger partial charge < -0.3 is 10.2 Å². The van der Waals surface area contributed by atoms with Crippen LogP contribution in [0.4, 0.5) is 0 Å². The highest BCUT2D eigenvalue weighted by Crippen LogP contribution is 2.29. The Morgan fingerprint density at radius 1 is 1.21 bits per heavy atom. The molecular formula is C15H20BrClN2. The van der Waals surface area contributed by atoms with E-state index in [0.29, 0.717) is 6.04 Å². The van der Waals surface area contributed by atoms with E-state index in [1.165, 1.54) is 44.3 Å². The van der Waals surface area contributed by atoms with Crippen molar-refractivity contribution < 1.29 is 0 Å². The highest BCUT2D eigenvalue weighted by atomic mass is 79.9. The number of hydrogen-bond donors (Lipinski definition) is 1. The second kappa shape index (κ2) is 6.13. The molecule has 0 atom stereocenters. The second-order valence-corrected chi connectivity index (χ2v) is 6.93. The predicted molar refractivity (Wildman–Crippen MR) is 83.6 cm³/mol. The molecule has 1 N–H and O–H groups in total. The molecule has 2 fully saturated rings. The SMILES string of the molecule is Clc1ccc(CNC2CCN(C3CC3)CC2)cc1Br. The third-order valence-electron chi connectivity index (χ3n) is 4.17. The van der Waals surface area contributed by atoms with Crippen LogP contribution in [0.3, 0.4) is 0 Å². The average Bonchev–Trinajstić information content (AvgIpc) is 3.25. The molecule has 104 valence electrons. The smallest absolute Gasteiger partial charge is 0.0548 e. The Morgan fingerprint density at radius 2 is 1.95 bits per heavy atom. The lowest BCUT2D eigenvalue weighted by atomic mass is 10.0. The first-order valence-corrected chi connectivity index (χ1v) is 8.31. The van der Waals surface area contributed by atoms with Gasteiger partial charge in [0.25, 0.3) is 0 Å². The first kappa shape index (κ1) is 13.9. The molecule has 1 saturated heterocycles. The number of halogens is 2. The van der Waals surface area contributed by atoms with Gasteiger partial charge in [0.2, 0.25) is 0 Å². The standard InChI is InChI=1S/C15H20BrClN2/c16-14-9-11(1-4-15(14)17)10-18-12-5-7-19(8-6-12)13-2-3-13/h1,4,9,12-13,18H,2-3,5-8,10H2. The first-order chi connectivity index (χ1) is 9.22. The molecule has 4 heteroatoms. The monoisotopic (exact) mass is 342 g/mol. The van der Waals surface area contributed by atoms with Crippen LogP contribution in [0.1, 0.15) is 31.2 Å². The van der Waals surface area contributed by atoms with E-state index in [-0.39, 0.29) is 0 Å². The zero-order valence-corrected chi connectivity index (χ0v) is 13.4. The lowest BCUT2D eigenvalue weighted by molar-refractivity contribution is 0.189. The number of likely N-dealkylation sites (tertiary alicyclic amines) is 1. The van der Waals surface area contributed by atoms with Crippen molar-refractivity contribution in [2.75, 3.05) is 13.1 Å². The molecule has 3 rings (SSSR count). The van der Waals surface area contributed by atoms with Crippen LogP contribution in [0, 0.1) is 0 Å². The van der Waals surface area contributed by atoms with Crippen LogP contribution in [0.25, 0.3) is 0 Å². The van der Waals surface area contributed by atoms with E-state index in [9.17, 15) is 0 Å². The van der Waals surface area contributed by atoms with E-state index in [2.05, 4.69) is 38.3 Å². The predicted octanol–water partition coefficient (Wildman–Crippen LogP) is 3.82. The number of piperidine rings is 1. The van der Waals surface area contributed by atoms with Crippen molar-refractivity contribution in [1.29, 1.82) is 0 Å². The number of rotatable bonds is 4. The minimum Gasteiger partial charge on any atom is -0.310 e. The largest absolute Gasteiger partial charge is 0.310 e. The Hall–Kier alpha value is -0.0900. The zero-order valence-electron chi connectivity index (χ0n) is 11.0. The summed E-state index contributed by atoms with van der Waals surface area (Å²) in [6.45, 7) is 3.48. The van der Waals surface area contributed by atoms with Gasteiger partial charge in [0, 0.05) is 23.1 Å². The molecule has 1 heterocycles. The van der Waals surface area contributed by atoms with E-state index in [4.69, 9.17) is 11.6 Å². The summed E-state index contributed by atoms with van der Waals surface area (Å²) < 4.78 is 0.983. The van der Waals surface area contributed by atoms with Crippen molar-refractivity contribution in [3.8, 4) is 0 Å². The first-order valence-electron chi connectivity index (χ1n) is 7.14. The molecule has 1 aliphatic carbocycles. The van der Waals surface area contributed by atoms with Crippen molar-refractivity contribution in [2.45, 2.75) is 44.3 Å². The molecule has 19 heavy (non-hydrogen) atoms. The van der Waals surface area contributed by atoms with E-state index in [1.807, 2.05) is 6.07 Å². The van der Waals surface area contributed by atoms with Crippen molar-refractivity contribution >= 4 is 27.5 Å². The Balaban J connectivity index is 1.45. The van der Waals surface area contributed by atoms with Gasteiger partial charge in [0.1, 0.15) is 0 Å². The van der Waals surface area contributed by atoms with Gasteiger partial charge in [-0.1, -0.05) is 17.7 Å². The molecular weight excluding hydrogens is 324 g/mol. The molecule has 2 nitrogen and oxygen atoms in total. The minimum absolute atomic E-state index is 0.671. The van der Waals surface area contributed by atoms with Crippen molar-refractivity contribution in [1.82, 2.24) is 10.2 Å². The van der Waals surface area contributed by atoms with Gasteiger partial charge in [0.15, 0.2) is 0 Å². The van der Waals surface area contributed by atoms with E-state index < -0.39 is 0 Å². The third-order valence-corrected chi connectivity index (χ3v) is 5.39. The summed E-state index contributed by atoms with van der Waals surface area (Å²) in [5, 5.41) is 4.45. The Bertz CT molecular complexity index is 440. The second-order valence-electron chi connectivity index (χ2n) is 5.67. The molecule has 1 aliphatic heterocycles. The zero-order chi connectivity index (χ0) is 13.2. The van der Waals surface area contributed by atoms with Gasteiger partial charge in [-0.3, -0.25) is 0 Å². The fourth-order valence-corrected chi connectivity index (χ4v) is 3.36. The lowest BCUT2D eigenvalue weighted by Gasteiger charge is -2.32. The van der Waals surface area contributed by atoms with Gasteiger partial charge in [-0.2, -0.15) is 0 Å². The summed E-state index contributed by atoms with van der Waals surface area (Å²) in [6, 6.07) is 7.75. The van der Waals surface area contributed by atoms with Crippen LogP contribution in [-0.2, 0) is 6.54 Å². The number of nitrogens with one attached hydrogen (secondary N) is 1. The Labute approximate surface area is 128 Å². The quantitative estimate of drug-likeness (QED) is 0.894. The number of hydrogen-bond acceptors (Lipinski definition) is 2. The molecule has 2 aliphatic rings. The maximum Gasteiger partial charge on any atom is 0.0548 e. The topological polar surface area (TPSA) is 15.3 Å². The maximum atomic E-state index is 6.01. The van der Waals surface area contributed by atoms with Gasteiger partial charge in [-0.25, -0.2) is 0 Å². The summed E-state index contributed by atoms with van der Waals surface area (Å²) in [4.78, 5) is 2.66. The Morgan fingerprint density at radius 3 is 2.58 bits per heavy atom. The summed E-state index contributed by atoms with van der Waals surface area (Å²) in [6.07, 6.45) is 5.42. The maximum absolute atomic E-state index is 6.01. The summed E-state index contributed by atoms with van der Waals surface area (Å²) >= 11 is 9.48.